The molecule has 0 aliphatic carbocycles. The number of aryl methyl sites for hydroxylation is 1. The molecule has 0 atom stereocenters. The largest absolute Gasteiger partial charge is 0.483 e. The molecule has 0 unspecified atom stereocenters. The van der Waals surface area contributed by atoms with Crippen LogP contribution < -0.4 is 20.9 Å². The second kappa shape index (κ2) is 8.97. The van der Waals surface area contributed by atoms with Crippen LogP contribution in [-0.2, 0) is 4.79 Å². The lowest BCUT2D eigenvalue weighted by atomic mass is 10.2. The van der Waals surface area contributed by atoms with Gasteiger partial charge in [-0.1, -0.05) is 29.8 Å². The number of ether oxygens (including phenoxy) is 1. The van der Waals surface area contributed by atoms with E-state index in [4.69, 9.17) is 28.6 Å². The topological polar surface area (TPSA) is 106 Å². The maximum Gasteiger partial charge on any atom is 0.276 e. The van der Waals surface area contributed by atoms with Crippen molar-refractivity contribution in [1.82, 2.24) is 10.9 Å². The van der Waals surface area contributed by atoms with Gasteiger partial charge in [0.05, 0.1) is 15.6 Å². The first-order valence-corrected chi connectivity index (χ1v) is 8.13. The maximum absolute atomic E-state index is 11.8. The average molecular weight is 395 g/mol. The third kappa shape index (κ3) is 5.57. The summed E-state index contributed by atoms with van der Waals surface area (Å²) in [5.74, 6) is 0.147. The molecule has 2 rings (SSSR count). The second-order valence-corrected chi connectivity index (χ2v) is 5.92. The SMILES string of the molecule is Cc1ccccc1OCC(=O)NNC(=S)Nc1cc([N+](=O)[O-])ccc1Cl. The van der Waals surface area contributed by atoms with E-state index in [0.717, 1.165) is 5.56 Å². The molecule has 0 heterocycles. The first kappa shape index (κ1) is 19.4. The van der Waals surface area contributed by atoms with Crippen molar-refractivity contribution in [2.75, 3.05) is 11.9 Å². The molecule has 3 N–H and O–H groups in total. The minimum absolute atomic E-state index is 0.0108. The minimum Gasteiger partial charge on any atom is -0.483 e. The fourth-order valence-corrected chi connectivity index (χ4v) is 2.23. The Labute approximate surface area is 159 Å². The van der Waals surface area contributed by atoms with E-state index < -0.39 is 10.8 Å². The summed E-state index contributed by atoms with van der Waals surface area (Å²) in [5.41, 5.74) is 5.83. The number of halogens is 1. The van der Waals surface area contributed by atoms with Crippen molar-refractivity contribution in [3.8, 4) is 5.75 Å². The highest BCUT2D eigenvalue weighted by atomic mass is 35.5. The van der Waals surface area contributed by atoms with Crippen molar-refractivity contribution in [3.63, 3.8) is 0 Å². The van der Waals surface area contributed by atoms with Crippen molar-refractivity contribution in [1.29, 1.82) is 0 Å². The van der Waals surface area contributed by atoms with E-state index in [-0.39, 0.29) is 28.1 Å². The van der Waals surface area contributed by atoms with Gasteiger partial charge in [0.1, 0.15) is 5.75 Å². The Balaban J connectivity index is 1.83. The third-order valence-electron chi connectivity index (χ3n) is 3.18. The van der Waals surface area contributed by atoms with Crippen LogP contribution in [0.15, 0.2) is 42.5 Å². The number of para-hydroxylation sites is 1. The number of carbonyl (C=O) groups excluding carboxylic acids is 1. The van der Waals surface area contributed by atoms with Crippen LogP contribution in [0.4, 0.5) is 11.4 Å². The molecule has 0 fully saturated rings. The van der Waals surface area contributed by atoms with Gasteiger partial charge in [-0.2, -0.15) is 0 Å². The lowest BCUT2D eigenvalue weighted by molar-refractivity contribution is -0.384. The predicted octanol–water partition coefficient (Wildman–Crippen LogP) is 2.95. The van der Waals surface area contributed by atoms with Crippen molar-refractivity contribution in [2.24, 2.45) is 0 Å². The number of hydrogen-bond acceptors (Lipinski definition) is 5. The van der Waals surface area contributed by atoms with Gasteiger partial charge in [0, 0.05) is 12.1 Å². The van der Waals surface area contributed by atoms with E-state index in [2.05, 4.69) is 16.2 Å². The highest BCUT2D eigenvalue weighted by Gasteiger charge is 2.11. The van der Waals surface area contributed by atoms with Crippen LogP contribution in [0.5, 0.6) is 5.75 Å². The highest BCUT2D eigenvalue weighted by Crippen LogP contribution is 2.26. The molecular weight excluding hydrogens is 380 g/mol. The van der Waals surface area contributed by atoms with Gasteiger partial charge < -0.3 is 10.1 Å². The van der Waals surface area contributed by atoms with E-state index in [9.17, 15) is 14.9 Å². The van der Waals surface area contributed by atoms with E-state index in [0.29, 0.717) is 5.75 Å². The van der Waals surface area contributed by atoms with E-state index in [1.807, 2.05) is 19.1 Å². The normalized spacial score (nSPS) is 9.92. The Morgan fingerprint density at radius 1 is 1.27 bits per heavy atom. The fraction of sp³-hybridized carbons (Fsp3) is 0.125. The van der Waals surface area contributed by atoms with Gasteiger partial charge in [-0.05, 0) is 36.8 Å². The number of rotatable bonds is 5. The number of benzene rings is 2. The van der Waals surface area contributed by atoms with Gasteiger partial charge in [-0.15, -0.1) is 0 Å². The number of carbonyl (C=O) groups is 1. The summed E-state index contributed by atoms with van der Waals surface area (Å²) in [4.78, 5) is 22.0. The zero-order valence-corrected chi connectivity index (χ0v) is 15.2. The molecule has 0 bridgehead atoms. The van der Waals surface area contributed by atoms with Crippen molar-refractivity contribution in [2.45, 2.75) is 6.92 Å². The summed E-state index contributed by atoms with van der Waals surface area (Å²) in [6.07, 6.45) is 0. The molecule has 0 saturated carbocycles. The number of nitro benzene ring substituents is 1. The zero-order chi connectivity index (χ0) is 19.1. The number of anilines is 1. The zero-order valence-electron chi connectivity index (χ0n) is 13.6. The van der Waals surface area contributed by atoms with E-state index >= 15 is 0 Å². The molecule has 0 saturated heterocycles. The molecule has 0 spiro atoms. The van der Waals surface area contributed by atoms with Crippen LogP contribution in [0.1, 0.15) is 5.56 Å². The Hall–Kier alpha value is -2.91. The molecule has 0 aliphatic heterocycles. The first-order valence-electron chi connectivity index (χ1n) is 7.35. The van der Waals surface area contributed by atoms with Crippen LogP contribution in [0.2, 0.25) is 5.02 Å². The molecule has 0 aromatic heterocycles. The minimum atomic E-state index is -0.553. The quantitative estimate of drug-likeness (QED) is 0.406. The third-order valence-corrected chi connectivity index (χ3v) is 3.71. The summed E-state index contributed by atoms with van der Waals surface area (Å²) in [6, 6.07) is 11.2. The summed E-state index contributed by atoms with van der Waals surface area (Å²) in [7, 11) is 0. The van der Waals surface area contributed by atoms with Crippen LogP contribution in [0, 0.1) is 17.0 Å². The molecule has 2 aromatic carbocycles. The van der Waals surface area contributed by atoms with Gasteiger partial charge in [0.2, 0.25) is 0 Å². The summed E-state index contributed by atoms with van der Waals surface area (Å²) in [5, 5.41) is 13.7. The Bertz CT molecular complexity index is 847. The van der Waals surface area contributed by atoms with Crippen LogP contribution in [-0.4, -0.2) is 22.5 Å². The van der Waals surface area contributed by atoms with Gasteiger partial charge in [0.25, 0.3) is 11.6 Å². The Morgan fingerprint density at radius 2 is 2.00 bits per heavy atom. The molecule has 26 heavy (non-hydrogen) atoms. The van der Waals surface area contributed by atoms with Crippen LogP contribution >= 0.6 is 23.8 Å². The first-order chi connectivity index (χ1) is 12.4. The van der Waals surface area contributed by atoms with E-state index in [1.165, 1.54) is 18.2 Å². The Kier molecular flexibility index (Phi) is 6.70. The summed E-state index contributed by atoms with van der Waals surface area (Å²) < 4.78 is 5.40. The average Bonchev–Trinajstić information content (AvgIpc) is 2.61. The van der Waals surface area contributed by atoms with Gasteiger partial charge >= 0.3 is 0 Å². The maximum atomic E-state index is 11.8. The molecule has 10 heteroatoms. The standard InChI is InChI=1S/C16H15ClN4O4S/c1-10-4-2-3-5-14(10)25-9-15(22)19-20-16(26)18-13-8-11(21(23)24)6-7-12(13)17/h2-8H,9H2,1H3,(H,19,22)(H2,18,20,26). The monoisotopic (exact) mass is 394 g/mol. The van der Waals surface area contributed by atoms with Crippen LogP contribution in [0.3, 0.4) is 0 Å². The van der Waals surface area contributed by atoms with Gasteiger partial charge in [-0.25, -0.2) is 0 Å². The number of nitrogens with zero attached hydrogens (tertiary/aromatic N) is 1. The van der Waals surface area contributed by atoms with Crippen molar-refractivity contribution in [3.05, 3.63) is 63.2 Å². The smallest absolute Gasteiger partial charge is 0.276 e. The fourth-order valence-electron chi connectivity index (χ4n) is 1.90. The summed E-state index contributed by atoms with van der Waals surface area (Å²) in [6.45, 7) is 1.66. The highest BCUT2D eigenvalue weighted by molar-refractivity contribution is 7.80. The number of hydrogen-bond donors (Lipinski definition) is 3. The van der Waals surface area contributed by atoms with Crippen LogP contribution in [0.25, 0.3) is 0 Å². The number of nitrogens with one attached hydrogen (secondary N) is 3. The number of thiocarbonyl (C=S) groups is 1. The van der Waals surface area contributed by atoms with Crippen molar-refractivity contribution < 1.29 is 14.5 Å². The molecular formula is C16H15ClN4O4S. The molecule has 2 aromatic rings. The molecule has 0 aliphatic rings. The number of amides is 1. The van der Waals surface area contributed by atoms with E-state index in [1.54, 1.807) is 12.1 Å². The van der Waals surface area contributed by atoms with Gasteiger partial charge in [0.15, 0.2) is 11.7 Å². The van der Waals surface area contributed by atoms with Gasteiger partial charge in [-0.3, -0.25) is 25.8 Å². The predicted molar refractivity (Wildman–Crippen MR) is 102 cm³/mol. The summed E-state index contributed by atoms with van der Waals surface area (Å²) >= 11 is 11.0. The number of hydrazine groups is 1. The molecule has 8 nitrogen and oxygen atoms in total. The molecule has 0 radical (unpaired) electrons. The molecule has 136 valence electrons. The molecule has 1 amide bonds. The van der Waals surface area contributed by atoms with Crippen molar-refractivity contribution >= 4 is 46.2 Å². The second-order valence-electron chi connectivity index (χ2n) is 5.10. The number of nitro groups is 1. The Morgan fingerprint density at radius 3 is 2.69 bits per heavy atom. The number of non-ortho nitro benzene ring substituents is 1. The lowest BCUT2D eigenvalue weighted by Gasteiger charge is -2.13. The lowest BCUT2D eigenvalue weighted by Crippen LogP contribution is -2.45.